The van der Waals surface area contributed by atoms with Crippen molar-refractivity contribution >= 4 is 11.7 Å². The number of hydrogen-bond acceptors (Lipinski definition) is 7. The Labute approximate surface area is 171 Å². The fraction of sp³-hybridized carbons (Fsp3) is 0.476. The van der Waals surface area contributed by atoms with Gasteiger partial charge in [0.1, 0.15) is 17.3 Å². The van der Waals surface area contributed by atoms with E-state index in [4.69, 9.17) is 9.47 Å². The van der Waals surface area contributed by atoms with E-state index in [1.54, 1.807) is 20.3 Å². The zero-order chi connectivity index (χ0) is 21.0. The van der Waals surface area contributed by atoms with Gasteiger partial charge in [-0.15, -0.1) is 0 Å². The number of anilines is 1. The van der Waals surface area contributed by atoms with Gasteiger partial charge in [-0.1, -0.05) is 0 Å². The number of rotatable bonds is 7. The summed E-state index contributed by atoms with van der Waals surface area (Å²) in [5.74, 6) is 2.62. The molecular weight excluding hydrogens is 370 g/mol. The van der Waals surface area contributed by atoms with E-state index in [1.807, 2.05) is 38.1 Å². The highest BCUT2D eigenvalue weighted by Crippen LogP contribution is 2.34. The van der Waals surface area contributed by atoms with Crippen LogP contribution in [0.2, 0.25) is 0 Å². The number of benzene rings is 1. The zero-order valence-electron chi connectivity index (χ0n) is 17.8. The maximum atomic E-state index is 12.5. The van der Waals surface area contributed by atoms with E-state index in [0.717, 1.165) is 31.1 Å². The summed E-state index contributed by atoms with van der Waals surface area (Å²) in [5, 5.41) is 2.91. The van der Waals surface area contributed by atoms with Gasteiger partial charge in [0, 0.05) is 32.2 Å². The number of fused-ring (bicyclic) bond motifs is 1. The van der Waals surface area contributed by atoms with Crippen LogP contribution in [0.15, 0.2) is 18.2 Å². The number of aryl methyl sites for hydroxylation is 1. The molecule has 8 heteroatoms. The number of methoxy groups -OCH3 is 2. The first-order valence-corrected chi connectivity index (χ1v) is 9.68. The molecule has 0 fully saturated rings. The van der Waals surface area contributed by atoms with Gasteiger partial charge >= 0.3 is 0 Å². The fourth-order valence-electron chi connectivity index (χ4n) is 3.39. The van der Waals surface area contributed by atoms with Crippen LogP contribution in [0.4, 0.5) is 5.82 Å². The molecule has 2 heterocycles. The molecule has 1 aromatic heterocycles. The number of ether oxygens (including phenoxy) is 2. The third-order valence-electron chi connectivity index (χ3n) is 4.94. The molecule has 1 amide bonds. The number of likely N-dealkylation sites (N-methyl/N-ethyl adjacent to an activating group) is 1. The lowest BCUT2D eigenvalue weighted by Gasteiger charge is -2.30. The summed E-state index contributed by atoms with van der Waals surface area (Å²) in [6.45, 7) is 4.65. The molecule has 156 valence electrons. The first-order valence-electron chi connectivity index (χ1n) is 9.68. The summed E-state index contributed by atoms with van der Waals surface area (Å²) in [7, 11) is 7.23. The van der Waals surface area contributed by atoms with Gasteiger partial charge in [0.05, 0.1) is 14.2 Å². The topological polar surface area (TPSA) is 79.8 Å². The second kappa shape index (κ2) is 9.09. The van der Waals surface area contributed by atoms with E-state index in [2.05, 4.69) is 20.2 Å². The van der Waals surface area contributed by atoms with Gasteiger partial charge < -0.3 is 24.6 Å². The van der Waals surface area contributed by atoms with Crippen LogP contribution in [-0.2, 0) is 13.0 Å². The largest absolute Gasteiger partial charge is 0.493 e. The lowest BCUT2D eigenvalue weighted by Crippen LogP contribution is -2.33. The molecule has 1 N–H and O–H groups in total. The van der Waals surface area contributed by atoms with Crippen LogP contribution in [0.25, 0.3) is 0 Å². The molecule has 0 atom stereocenters. The van der Waals surface area contributed by atoms with Crippen molar-refractivity contribution < 1.29 is 14.3 Å². The normalized spacial score (nSPS) is 13.2. The molecule has 8 nitrogen and oxygen atoms in total. The number of carbonyl (C=O) groups excluding carboxylic acids is 1. The third-order valence-corrected chi connectivity index (χ3v) is 4.94. The molecule has 0 saturated carbocycles. The predicted octanol–water partition coefficient (Wildman–Crippen LogP) is 1.66. The number of nitrogens with zero attached hydrogens (tertiary/aromatic N) is 4. The minimum absolute atomic E-state index is 0.178. The lowest BCUT2D eigenvalue weighted by atomic mass is 9.98. The second-order valence-electron chi connectivity index (χ2n) is 7.37. The summed E-state index contributed by atoms with van der Waals surface area (Å²) in [6.07, 6.45) is 0.864. The van der Waals surface area contributed by atoms with Crippen molar-refractivity contribution in [2.75, 3.05) is 52.8 Å². The molecule has 1 aliphatic rings. The molecule has 1 aliphatic heterocycles. The molecule has 0 saturated heterocycles. The Balaban J connectivity index is 1.79. The molecule has 2 aromatic rings. The van der Waals surface area contributed by atoms with Crippen LogP contribution in [0, 0.1) is 6.92 Å². The van der Waals surface area contributed by atoms with Gasteiger partial charge in [-0.05, 0) is 50.7 Å². The fourth-order valence-corrected chi connectivity index (χ4v) is 3.39. The van der Waals surface area contributed by atoms with Crippen LogP contribution in [0.3, 0.4) is 0 Å². The standard InChI is InChI=1S/C21H29N5O3/c1-14-23-17(21(27)22-7-9-25(2)3)12-20(24-14)26-8-6-15-10-18(28-4)19(29-5)11-16(15)13-26/h10-12H,6-9,13H2,1-5H3,(H,22,27). The first kappa shape index (κ1) is 20.9. The maximum Gasteiger partial charge on any atom is 0.270 e. The van der Waals surface area contributed by atoms with Crippen LogP contribution in [0.1, 0.15) is 27.4 Å². The molecule has 0 radical (unpaired) electrons. The van der Waals surface area contributed by atoms with Crippen LogP contribution < -0.4 is 19.7 Å². The van der Waals surface area contributed by atoms with Crippen molar-refractivity contribution in [1.82, 2.24) is 20.2 Å². The third kappa shape index (κ3) is 4.95. The number of nitrogens with one attached hydrogen (secondary N) is 1. The Morgan fingerprint density at radius 3 is 2.48 bits per heavy atom. The number of carbonyl (C=O) groups is 1. The van der Waals surface area contributed by atoms with Gasteiger partial charge in [0.15, 0.2) is 11.5 Å². The lowest BCUT2D eigenvalue weighted by molar-refractivity contribution is 0.0945. The van der Waals surface area contributed by atoms with E-state index in [1.165, 1.54) is 11.1 Å². The molecule has 1 aromatic carbocycles. The first-order chi connectivity index (χ1) is 13.9. The number of aromatic nitrogens is 2. The van der Waals surface area contributed by atoms with E-state index < -0.39 is 0 Å². The highest BCUT2D eigenvalue weighted by molar-refractivity contribution is 5.93. The van der Waals surface area contributed by atoms with Gasteiger partial charge in [0.2, 0.25) is 0 Å². The van der Waals surface area contributed by atoms with Gasteiger partial charge in [-0.3, -0.25) is 4.79 Å². The van der Waals surface area contributed by atoms with Crippen LogP contribution in [0.5, 0.6) is 11.5 Å². The second-order valence-corrected chi connectivity index (χ2v) is 7.37. The van der Waals surface area contributed by atoms with E-state index in [0.29, 0.717) is 30.4 Å². The summed E-state index contributed by atoms with van der Waals surface area (Å²) in [5.41, 5.74) is 2.80. The highest BCUT2D eigenvalue weighted by atomic mass is 16.5. The Kier molecular flexibility index (Phi) is 6.53. The highest BCUT2D eigenvalue weighted by Gasteiger charge is 2.22. The summed E-state index contributed by atoms with van der Waals surface area (Å²) in [6, 6.07) is 5.83. The minimum Gasteiger partial charge on any atom is -0.493 e. The molecule has 0 unspecified atom stereocenters. The van der Waals surface area contributed by atoms with E-state index >= 15 is 0 Å². The smallest absolute Gasteiger partial charge is 0.270 e. The van der Waals surface area contributed by atoms with Crippen molar-refractivity contribution in [2.45, 2.75) is 19.9 Å². The Bertz CT molecular complexity index is 885. The average Bonchev–Trinajstić information content (AvgIpc) is 2.71. The van der Waals surface area contributed by atoms with Crippen LogP contribution in [-0.4, -0.2) is 68.7 Å². The van der Waals surface area contributed by atoms with Crippen molar-refractivity contribution in [3.8, 4) is 11.5 Å². The van der Waals surface area contributed by atoms with Gasteiger partial charge in [-0.2, -0.15) is 0 Å². The molecule has 29 heavy (non-hydrogen) atoms. The number of hydrogen-bond donors (Lipinski definition) is 1. The van der Waals surface area contributed by atoms with Crippen molar-refractivity contribution in [2.24, 2.45) is 0 Å². The van der Waals surface area contributed by atoms with Crippen LogP contribution >= 0.6 is 0 Å². The summed E-state index contributed by atoms with van der Waals surface area (Å²) in [4.78, 5) is 25.6. The van der Waals surface area contributed by atoms with E-state index in [9.17, 15) is 4.79 Å². The monoisotopic (exact) mass is 399 g/mol. The quantitative estimate of drug-likeness (QED) is 0.758. The summed E-state index contributed by atoms with van der Waals surface area (Å²) >= 11 is 0. The van der Waals surface area contributed by atoms with Gasteiger partial charge in [0.25, 0.3) is 5.91 Å². The SMILES string of the molecule is COc1cc2c(cc1OC)CN(c1cc(C(=O)NCCN(C)C)nc(C)n1)CC2. The number of amides is 1. The molecule has 0 spiro atoms. The minimum atomic E-state index is -0.178. The Hall–Kier alpha value is -2.87. The molecule has 0 aliphatic carbocycles. The van der Waals surface area contributed by atoms with E-state index in [-0.39, 0.29) is 5.91 Å². The zero-order valence-corrected chi connectivity index (χ0v) is 17.8. The van der Waals surface area contributed by atoms with Crippen molar-refractivity contribution in [1.29, 1.82) is 0 Å². The molecule has 0 bridgehead atoms. The van der Waals surface area contributed by atoms with Gasteiger partial charge in [-0.25, -0.2) is 9.97 Å². The Morgan fingerprint density at radius 1 is 1.14 bits per heavy atom. The van der Waals surface area contributed by atoms with Crippen molar-refractivity contribution in [3.63, 3.8) is 0 Å². The summed E-state index contributed by atoms with van der Waals surface area (Å²) < 4.78 is 10.9. The molecule has 3 rings (SSSR count). The maximum absolute atomic E-state index is 12.5. The average molecular weight is 399 g/mol. The van der Waals surface area contributed by atoms with Crippen molar-refractivity contribution in [3.05, 3.63) is 40.8 Å². The Morgan fingerprint density at radius 2 is 1.83 bits per heavy atom. The predicted molar refractivity (Wildman–Crippen MR) is 112 cm³/mol. The molecular formula is C21H29N5O3.